The van der Waals surface area contributed by atoms with Crippen molar-refractivity contribution in [1.82, 2.24) is 10.3 Å². The summed E-state index contributed by atoms with van der Waals surface area (Å²) in [4.78, 5) is 3.63. The lowest BCUT2D eigenvalue weighted by Crippen LogP contribution is -2.24. The van der Waals surface area contributed by atoms with E-state index in [0.29, 0.717) is 5.56 Å². The molecule has 78 valence electrons. The van der Waals surface area contributed by atoms with Crippen LogP contribution in [-0.4, -0.2) is 18.0 Å². The van der Waals surface area contributed by atoms with Gasteiger partial charge in [0.2, 0.25) is 0 Å². The number of halogens is 3. The number of pyridine rings is 1. The maximum atomic E-state index is 12.7. The van der Waals surface area contributed by atoms with Gasteiger partial charge in [0.05, 0.1) is 12.7 Å². The van der Waals surface area contributed by atoms with E-state index >= 15 is 0 Å². The molecule has 1 N–H and O–H groups in total. The Kier molecular flexibility index (Phi) is 3.88. The fourth-order valence-corrected chi connectivity index (χ4v) is 1.05. The zero-order valence-electron chi connectivity index (χ0n) is 7.67. The van der Waals surface area contributed by atoms with Crippen LogP contribution in [0.2, 0.25) is 0 Å². The number of hydrogen-bond acceptors (Lipinski definition) is 2. The van der Waals surface area contributed by atoms with Crippen LogP contribution in [0.3, 0.4) is 0 Å². The molecule has 5 heteroatoms. The Morgan fingerprint density at radius 3 is 2.71 bits per heavy atom. The van der Waals surface area contributed by atoms with Gasteiger partial charge < -0.3 is 5.32 Å². The first-order valence-electron chi connectivity index (χ1n) is 4.21. The lowest BCUT2D eigenvalue weighted by molar-refractivity contribution is 0.142. The number of nitrogens with zero attached hydrogens (tertiary/aromatic N) is 1. The first-order valence-corrected chi connectivity index (χ1v) is 4.21. The highest BCUT2D eigenvalue weighted by Gasteiger charge is 2.09. The molecule has 2 nitrogen and oxygen atoms in total. The third-order valence-corrected chi connectivity index (χ3v) is 1.80. The number of rotatable bonds is 4. The van der Waals surface area contributed by atoms with Crippen LogP contribution in [0.5, 0.6) is 0 Å². The predicted molar refractivity (Wildman–Crippen MR) is 46.6 cm³/mol. The minimum absolute atomic E-state index is 0.327. The highest BCUT2D eigenvalue weighted by Crippen LogP contribution is 2.11. The molecule has 0 saturated carbocycles. The number of alkyl halides is 2. The zero-order valence-corrected chi connectivity index (χ0v) is 7.67. The summed E-state index contributed by atoms with van der Waals surface area (Å²) in [6.07, 6.45) is 0.120. The monoisotopic (exact) mass is 204 g/mol. The maximum absolute atomic E-state index is 12.7. The van der Waals surface area contributed by atoms with Gasteiger partial charge in [-0.3, -0.25) is 4.98 Å². The number of hydrogen-bond donors (Lipinski definition) is 1. The minimum atomic E-state index is -2.40. The molecular formula is C9H11F3N2. The van der Waals surface area contributed by atoms with E-state index in [1.165, 1.54) is 12.3 Å². The van der Waals surface area contributed by atoms with Crippen LogP contribution in [0.4, 0.5) is 13.2 Å². The van der Waals surface area contributed by atoms with E-state index in [-0.39, 0.29) is 6.04 Å². The van der Waals surface area contributed by atoms with Gasteiger partial charge in [-0.15, -0.1) is 0 Å². The summed E-state index contributed by atoms with van der Waals surface area (Å²) in [5, 5.41) is 2.57. The number of nitrogens with one attached hydrogen (secondary N) is 1. The first-order chi connectivity index (χ1) is 6.59. The molecule has 0 radical (unpaired) electrons. The smallest absolute Gasteiger partial charge is 0.250 e. The SMILES string of the molecule is CC(NCC(F)F)c1cncc(F)c1. The second-order valence-electron chi connectivity index (χ2n) is 2.96. The van der Waals surface area contributed by atoms with Crippen LogP contribution in [0.15, 0.2) is 18.5 Å². The van der Waals surface area contributed by atoms with Gasteiger partial charge in [0, 0.05) is 12.2 Å². The summed E-state index contributed by atoms with van der Waals surface area (Å²) in [5.74, 6) is -0.465. The van der Waals surface area contributed by atoms with Gasteiger partial charge in [0.25, 0.3) is 6.43 Å². The standard InChI is InChI=1S/C9H11F3N2/c1-6(14-5-9(11)12)7-2-8(10)4-13-3-7/h2-4,6,9,14H,5H2,1H3. The zero-order chi connectivity index (χ0) is 10.6. The molecule has 0 aliphatic heterocycles. The molecule has 1 rings (SSSR count). The van der Waals surface area contributed by atoms with E-state index in [1.807, 2.05) is 0 Å². The molecule has 0 aromatic carbocycles. The first kappa shape index (κ1) is 11.0. The number of aromatic nitrogens is 1. The molecule has 1 aromatic heterocycles. The molecule has 0 bridgehead atoms. The topological polar surface area (TPSA) is 24.9 Å². The molecule has 0 aliphatic rings. The summed E-state index contributed by atoms with van der Waals surface area (Å²) >= 11 is 0. The van der Waals surface area contributed by atoms with Gasteiger partial charge in [-0.1, -0.05) is 0 Å². The van der Waals surface area contributed by atoms with Crippen molar-refractivity contribution in [3.8, 4) is 0 Å². The van der Waals surface area contributed by atoms with Crippen molar-refractivity contribution in [3.05, 3.63) is 29.8 Å². The van der Waals surface area contributed by atoms with E-state index in [9.17, 15) is 13.2 Å². The average Bonchev–Trinajstić information content (AvgIpc) is 2.14. The summed E-state index contributed by atoms with van der Waals surface area (Å²) in [6.45, 7) is 1.27. The Morgan fingerprint density at radius 1 is 1.43 bits per heavy atom. The molecule has 1 heterocycles. The molecule has 0 saturated heterocycles. The summed E-state index contributed by atoms with van der Waals surface area (Å²) in [7, 11) is 0. The van der Waals surface area contributed by atoms with E-state index in [4.69, 9.17) is 0 Å². The third kappa shape index (κ3) is 3.33. The molecule has 1 atom stereocenters. The van der Waals surface area contributed by atoms with Crippen molar-refractivity contribution in [2.24, 2.45) is 0 Å². The van der Waals surface area contributed by atoms with Gasteiger partial charge in [-0.25, -0.2) is 13.2 Å². The fourth-order valence-electron chi connectivity index (χ4n) is 1.05. The van der Waals surface area contributed by atoms with Crippen molar-refractivity contribution < 1.29 is 13.2 Å². The molecule has 0 fully saturated rings. The molecule has 1 unspecified atom stereocenters. The lowest BCUT2D eigenvalue weighted by Gasteiger charge is -2.13. The van der Waals surface area contributed by atoms with Crippen LogP contribution < -0.4 is 5.32 Å². The molecule has 0 aliphatic carbocycles. The van der Waals surface area contributed by atoms with Gasteiger partial charge in [-0.05, 0) is 18.6 Å². The molecular weight excluding hydrogens is 193 g/mol. The lowest BCUT2D eigenvalue weighted by atomic mass is 10.1. The Bertz CT molecular complexity index is 291. The van der Waals surface area contributed by atoms with Crippen molar-refractivity contribution in [2.45, 2.75) is 19.4 Å². The normalized spacial score (nSPS) is 13.2. The van der Waals surface area contributed by atoms with Crippen molar-refractivity contribution in [1.29, 1.82) is 0 Å². The molecule has 0 spiro atoms. The van der Waals surface area contributed by atoms with E-state index in [2.05, 4.69) is 10.3 Å². The Morgan fingerprint density at radius 2 is 2.14 bits per heavy atom. The fraction of sp³-hybridized carbons (Fsp3) is 0.444. The van der Waals surface area contributed by atoms with E-state index in [1.54, 1.807) is 6.92 Å². The average molecular weight is 204 g/mol. The molecule has 0 amide bonds. The Balaban J connectivity index is 2.56. The minimum Gasteiger partial charge on any atom is -0.305 e. The third-order valence-electron chi connectivity index (χ3n) is 1.80. The maximum Gasteiger partial charge on any atom is 0.250 e. The van der Waals surface area contributed by atoms with Crippen molar-refractivity contribution in [2.75, 3.05) is 6.54 Å². The van der Waals surface area contributed by atoms with Crippen LogP contribution in [0.1, 0.15) is 18.5 Å². The molecule has 14 heavy (non-hydrogen) atoms. The highest BCUT2D eigenvalue weighted by molar-refractivity contribution is 5.14. The second-order valence-corrected chi connectivity index (χ2v) is 2.96. The van der Waals surface area contributed by atoms with Gasteiger partial charge >= 0.3 is 0 Å². The van der Waals surface area contributed by atoms with Crippen molar-refractivity contribution >= 4 is 0 Å². The van der Waals surface area contributed by atoms with Gasteiger partial charge in [-0.2, -0.15) is 0 Å². The largest absolute Gasteiger partial charge is 0.305 e. The van der Waals surface area contributed by atoms with Crippen LogP contribution in [0, 0.1) is 5.82 Å². The van der Waals surface area contributed by atoms with Gasteiger partial charge in [0.1, 0.15) is 5.82 Å². The van der Waals surface area contributed by atoms with Crippen LogP contribution in [0.25, 0.3) is 0 Å². The quantitative estimate of drug-likeness (QED) is 0.812. The Hall–Kier alpha value is -1.10. The van der Waals surface area contributed by atoms with Crippen molar-refractivity contribution in [3.63, 3.8) is 0 Å². The van der Waals surface area contributed by atoms with E-state index < -0.39 is 18.8 Å². The van der Waals surface area contributed by atoms with Crippen LogP contribution in [-0.2, 0) is 0 Å². The summed E-state index contributed by atoms with van der Waals surface area (Å²) < 4.78 is 36.4. The Labute approximate surface area is 80.2 Å². The predicted octanol–water partition coefficient (Wildman–Crippen LogP) is 2.14. The highest BCUT2D eigenvalue weighted by atomic mass is 19.3. The van der Waals surface area contributed by atoms with Crippen LogP contribution >= 0.6 is 0 Å². The molecule has 1 aromatic rings. The summed E-state index contributed by atoms with van der Waals surface area (Å²) in [6, 6.07) is 0.947. The van der Waals surface area contributed by atoms with Gasteiger partial charge in [0.15, 0.2) is 0 Å². The second kappa shape index (κ2) is 4.95. The summed E-state index contributed by atoms with van der Waals surface area (Å²) in [5.41, 5.74) is 0.561. The van der Waals surface area contributed by atoms with E-state index in [0.717, 1.165) is 6.20 Å².